The summed E-state index contributed by atoms with van der Waals surface area (Å²) in [6.45, 7) is 4.73. The van der Waals surface area contributed by atoms with Crippen molar-refractivity contribution in [3.8, 4) is 61.3 Å². The predicted molar refractivity (Wildman–Crippen MR) is 275 cm³/mol. The molecule has 0 spiro atoms. The number of hydrogen-bond acceptors (Lipinski definition) is 1. The fourth-order valence-corrected chi connectivity index (χ4v) is 10.7. The standard InChI is InChI=1S/C63H46N2/c1-63(2)55-35-17-14-32-53(55)61-52(34-20-36-56(61)63)49-29-15-18-37-57(49)65(46-40-41-59-54(42-46)50-30-16-19-38-58(50)64(59)45-26-10-5-11-27-45)60-39-21-33-48(44-24-8-4-9-25-44)62(60)51-31-13-12-28-47(51)43-22-6-3-7-23-43/h3-42H,1-2H3. The van der Waals surface area contributed by atoms with Crippen LogP contribution in [-0.4, -0.2) is 4.57 Å². The molecule has 10 aromatic carbocycles. The summed E-state index contributed by atoms with van der Waals surface area (Å²) in [6.07, 6.45) is 0. The molecule has 0 unspecified atom stereocenters. The summed E-state index contributed by atoms with van der Waals surface area (Å²) < 4.78 is 2.40. The molecule has 1 aliphatic carbocycles. The van der Waals surface area contributed by atoms with Gasteiger partial charge in [0.1, 0.15) is 0 Å². The molecule has 0 atom stereocenters. The van der Waals surface area contributed by atoms with E-state index in [-0.39, 0.29) is 5.41 Å². The van der Waals surface area contributed by atoms with Gasteiger partial charge in [-0.25, -0.2) is 0 Å². The highest BCUT2D eigenvalue weighted by molar-refractivity contribution is 6.12. The molecule has 1 aromatic heterocycles. The summed E-state index contributed by atoms with van der Waals surface area (Å²) in [5.41, 5.74) is 21.5. The Hall–Kier alpha value is -8.20. The number of aromatic nitrogens is 1. The third-order valence-corrected chi connectivity index (χ3v) is 13.6. The Labute approximate surface area is 381 Å². The van der Waals surface area contributed by atoms with Crippen LogP contribution in [0.2, 0.25) is 0 Å². The first kappa shape index (κ1) is 38.5. The third-order valence-electron chi connectivity index (χ3n) is 13.6. The molecule has 308 valence electrons. The van der Waals surface area contributed by atoms with Crippen LogP contribution in [0.5, 0.6) is 0 Å². The van der Waals surface area contributed by atoms with Crippen molar-refractivity contribution in [2.24, 2.45) is 0 Å². The fraction of sp³-hybridized carbons (Fsp3) is 0.0476. The Morgan fingerprint density at radius 2 is 0.862 bits per heavy atom. The molecule has 0 N–H and O–H groups in total. The normalized spacial score (nSPS) is 12.6. The van der Waals surface area contributed by atoms with Crippen molar-refractivity contribution >= 4 is 38.9 Å². The molecule has 11 aromatic rings. The number of benzene rings is 10. The molecular weight excluding hydrogens is 785 g/mol. The lowest BCUT2D eigenvalue weighted by Gasteiger charge is -2.32. The van der Waals surface area contributed by atoms with Gasteiger partial charge in [-0.15, -0.1) is 0 Å². The van der Waals surface area contributed by atoms with E-state index in [1.807, 2.05) is 0 Å². The SMILES string of the molecule is CC1(C)c2ccccc2-c2c(-c3ccccc3N(c3ccc4c(c3)c3ccccc3n4-c3ccccc3)c3cccc(-c4ccccc4)c3-c3ccccc3-c3ccccc3)cccc21. The van der Waals surface area contributed by atoms with Crippen LogP contribution in [0.4, 0.5) is 17.1 Å². The van der Waals surface area contributed by atoms with Gasteiger partial charge in [0, 0.05) is 38.7 Å². The molecule has 0 amide bonds. The maximum absolute atomic E-state index is 2.54. The van der Waals surface area contributed by atoms with Gasteiger partial charge in [-0.05, 0) is 104 Å². The monoisotopic (exact) mass is 830 g/mol. The lowest BCUT2D eigenvalue weighted by molar-refractivity contribution is 0.660. The molecule has 0 aliphatic heterocycles. The van der Waals surface area contributed by atoms with Crippen molar-refractivity contribution in [1.82, 2.24) is 4.57 Å². The topological polar surface area (TPSA) is 8.17 Å². The van der Waals surface area contributed by atoms with Crippen molar-refractivity contribution < 1.29 is 0 Å². The molecule has 65 heavy (non-hydrogen) atoms. The van der Waals surface area contributed by atoms with E-state index in [9.17, 15) is 0 Å². The second kappa shape index (κ2) is 15.6. The molecule has 0 fully saturated rings. The minimum atomic E-state index is -0.132. The highest BCUT2D eigenvalue weighted by atomic mass is 15.1. The van der Waals surface area contributed by atoms with Crippen LogP contribution in [-0.2, 0) is 5.41 Å². The predicted octanol–water partition coefficient (Wildman–Crippen LogP) is 17.2. The van der Waals surface area contributed by atoms with Gasteiger partial charge in [-0.2, -0.15) is 0 Å². The molecule has 2 heteroatoms. The zero-order valence-corrected chi connectivity index (χ0v) is 36.5. The maximum atomic E-state index is 2.54. The molecule has 0 radical (unpaired) electrons. The molecule has 0 saturated heterocycles. The van der Waals surface area contributed by atoms with Crippen molar-refractivity contribution in [3.63, 3.8) is 0 Å². The fourth-order valence-electron chi connectivity index (χ4n) is 10.7. The number of para-hydroxylation sites is 3. The smallest absolute Gasteiger partial charge is 0.0546 e. The molecule has 12 rings (SSSR count). The van der Waals surface area contributed by atoms with E-state index in [1.165, 1.54) is 88.6 Å². The number of anilines is 3. The average Bonchev–Trinajstić information content (AvgIpc) is 3.83. The quantitative estimate of drug-likeness (QED) is 0.148. The zero-order chi connectivity index (χ0) is 43.5. The summed E-state index contributed by atoms with van der Waals surface area (Å²) in [4.78, 5) is 2.54. The summed E-state index contributed by atoms with van der Waals surface area (Å²) in [7, 11) is 0. The highest BCUT2D eigenvalue weighted by Gasteiger charge is 2.37. The van der Waals surface area contributed by atoms with Crippen LogP contribution < -0.4 is 4.90 Å². The Morgan fingerprint density at radius 3 is 1.63 bits per heavy atom. The van der Waals surface area contributed by atoms with Crippen molar-refractivity contribution in [2.45, 2.75) is 19.3 Å². The first-order chi connectivity index (χ1) is 32.1. The van der Waals surface area contributed by atoms with E-state index < -0.39 is 0 Å². The molecule has 1 aliphatic rings. The Kier molecular flexibility index (Phi) is 9.21. The summed E-state index contributed by atoms with van der Waals surface area (Å²) in [5.74, 6) is 0. The van der Waals surface area contributed by atoms with Crippen LogP contribution in [0.3, 0.4) is 0 Å². The Bertz CT molecular complexity index is 3560. The Morgan fingerprint density at radius 1 is 0.338 bits per heavy atom. The van der Waals surface area contributed by atoms with Gasteiger partial charge < -0.3 is 9.47 Å². The maximum Gasteiger partial charge on any atom is 0.0546 e. The summed E-state index contributed by atoms with van der Waals surface area (Å²) in [5, 5.41) is 2.42. The number of nitrogens with zero attached hydrogens (tertiary/aromatic N) is 2. The van der Waals surface area contributed by atoms with E-state index in [0.717, 1.165) is 22.7 Å². The van der Waals surface area contributed by atoms with Gasteiger partial charge in [0.05, 0.1) is 22.4 Å². The van der Waals surface area contributed by atoms with Crippen molar-refractivity contribution in [1.29, 1.82) is 0 Å². The van der Waals surface area contributed by atoms with E-state index in [2.05, 4.69) is 266 Å². The first-order valence-electron chi connectivity index (χ1n) is 22.6. The number of hydrogen-bond donors (Lipinski definition) is 0. The number of fused-ring (bicyclic) bond motifs is 6. The van der Waals surface area contributed by atoms with Crippen LogP contribution in [0.1, 0.15) is 25.0 Å². The van der Waals surface area contributed by atoms with E-state index in [4.69, 9.17) is 0 Å². The van der Waals surface area contributed by atoms with E-state index >= 15 is 0 Å². The average molecular weight is 831 g/mol. The van der Waals surface area contributed by atoms with Crippen LogP contribution in [0.15, 0.2) is 243 Å². The van der Waals surface area contributed by atoms with E-state index in [0.29, 0.717) is 0 Å². The third kappa shape index (κ3) is 6.25. The lowest BCUT2D eigenvalue weighted by atomic mass is 9.82. The first-order valence-corrected chi connectivity index (χ1v) is 22.6. The lowest BCUT2D eigenvalue weighted by Crippen LogP contribution is -2.15. The van der Waals surface area contributed by atoms with Gasteiger partial charge in [-0.1, -0.05) is 208 Å². The van der Waals surface area contributed by atoms with Gasteiger partial charge in [-0.3, -0.25) is 0 Å². The molecule has 0 bridgehead atoms. The minimum Gasteiger partial charge on any atom is -0.309 e. The molecule has 2 nitrogen and oxygen atoms in total. The van der Waals surface area contributed by atoms with Crippen molar-refractivity contribution in [2.75, 3.05) is 4.90 Å². The second-order valence-corrected chi connectivity index (χ2v) is 17.6. The van der Waals surface area contributed by atoms with Gasteiger partial charge in [0.25, 0.3) is 0 Å². The van der Waals surface area contributed by atoms with Gasteiger partial charge in [0.2, 0.25) is 0 Å². The summed E-state index contributed by atoms with van der Waals surface area (Å²) in [6, 6.07) is 89.0. The van der Waals surface area contributed by atoms with Gasteiger partial charge >= 0.3 is 0 Å². The zero-order valence-electron chi connectivity index (χ0n) is 36.5. The van der Waals surface area contributed by atoms with E-state index in [1.54, 1.807) is 0 Å². The van der Waals surface area contributed by atoms with Crippen LogP contribution in [0, 0.1) is 0 Å². The number of rotatable bonds is 8. The van der Waals surface area contributed by atoms with Crippen LogP contribution >= 0.6 is 0 Å². The molecular formula is C63H46N2. The van der Waals surface area contributed by atoms with Crippen LogP contribution in [0.25, 0.3) is 83.1 Å². The highest BCUT2D eigenvalue weighted by Crippen LogP contribution is 2.55. The second-order valence-electron chi connectivity index (χ2n) is 17.6. The van der Waals surface area contributed by atoms with Gasteiger partial charge in [0.15, 0.2) is 0 Å². The largest absolute Gasteiger partial charge is 0.309 e. The van der Waals surface area contributed by atoms with Crippen molar-refractivity contribution in [3.05, 3.63) is 254 Å². The molecule has 0 saturated carbocycles. The molecule has 1 heterocycles. The minimum absolute atomic E-state index is 0.132. The Balaban J connectivity index is 1.19. The summed E-state index contributed by atoms with van der Waals surface area (Å²) >= 11 is 0.